The first-order valence-corrected chi connectivity index (χ1v) is 12.3. The first kappa shape index (κ1) is 20.4. The van der Waals surface area contributed by atoms with Gasteiger partial charge in [-0.05, 0) is 52.0 Å². The number of rotatable bonds is 0. The summed E-state index contributed by atoms with van der Waals surface area (Å²) in [6.07, 6.45) is 0. The summed E-state index contributed by atoms with van der Waals surface area (Å²) in [4.78, 5) is 24.2. The molecule has 0 radical (unpaired) electrons. The van der Waals surface area contributed by atoms with E-state index in [-0.39, 0.29) is 0 Å². The summed E-state index contributed by atoms with van der Waals surface area (Å²) in [6.45, 7) is 8.09. The quantitative estimate of drug-likeness (QED) is 0.272. The van der Waals surface area contributed by atoms with Crippen LogP contribution in [-0.2, 0) is 0 Å². The summed E-state index contributed by atoms with van der Waals surface area (Å²) >= 11 is 0. The van der Waals surface area contributed by atoms with Crippen LogP contribution in [0.25, 0.3) is 55.0 Å². The van der Waals surface area contributed by atoms with Crippen LogP contribution in [-0.4, -0.2) is 34.6 Å². The van der Waals surface area contributed by atoms with E-state index in [4.69, 9.17) is 19.9 Å². The predicted molar refractivity (Wildman–Crippen MR) is 149 cm³/mol. The molecule has 1 N–H and O–H groups in total. The van der Waals surface area contributed by atoms with Crippen molar-refractivity contribution in [3.05, 3.63) is 71.5 Å². The van der Waals surface area contributed by atoms with Crippen LogP contribution in [0.1, 0.15) is 23.9 Å². The van der Waals surface area contributed by atoms with Gasteiger partial charge in [-0.2, -0.15) is 19.9 Å². The number of benzene rings is 3. The van der Waals surface area contributed by atoms with Gasteiger partial charge < -0.3 is 5.32 Å². The van der Waals surface area contributed by atoms with Gasteiger partial charge in [-0.25, -0.2) is 4.98 Å². The lowest BCUT2D eigenvalue weighted by Crippen LogP contribution is -2.12. The second-order valence-corrected chi connectivity index (χ2v) is 9.87. The summed E-state index contributed by atoms with van der Waals surface area (Å²) in [5.74, 6) is 3.23. The Balaban J connectivity index is 1.83. The van der Waals surface area contributed by atoms with Crippen molar-refractivity contribution in [2.45, 2.75) is 27.7 Å². The Morgan fingerprint density at radius 3 is 1.97 bits per heavy atom. The molecule has 0 amide bonds. The number of aryl methyl sites for hydroxylation is 3. The van der Waals surface area contributed by atoms with Gasteiger partial charge in [0.15, 0.2) is 5.65 Å². The minimum atomic E-state index is 0.546. The van der Waals surface area contributed by atoms with E-state index in [1.165, 1.54) is 11.1 Å². The number of aliphatic imine (C=N–C) groups is 1. The number of aromatic nitrogens is 6. The van der Waals surface area contributed by atoms with E-state index in [0.29, 0.717) is 29.0 Å². The minimum absolute atomic E-state index is 0.546. The molecule has 0 saturated carbocycles. The number of nitrogens with zero attached hydrogens (tertiary/aromatic N) is 7. The lowest BCUT2D eigenvalue weighted by Gasteiger charge is -2.10. The largest absolute Gasteiger partial charge is 0.328 e. The number of hydrogen-bond acceptors (Lipinski definition) is 6. The number of amidine groups is 1. The normalized spacial score (nSPS) is 13.2. The molecule has 5 heterocycles. The molecule has 4 bridgehead atoms. The van der Waals surface area contributed by atoms with Crippen LogP contribution in [0, 0.1) is 20.8 Å². The Morgan fingerprint density at radius 2 is 1.27 bits per heavy atom. The third-order valence-corrected chi connectivity index (χ3v) is 7.18. The molecule has 178 valence electrons. The van der Waals surface area contributed by atoms with E-state index in [2.05, 4.69) is 81.5 Å². The highest BCUT2D eigenvalue weighted by Gasteiger charge is 2.21. The first-order chi connectivity index (χ1) is 17.9. The van der Waals surface area contributed by atoms with Crippen LogP contribution in [0.15, 0.2) is 59.6 Å². The van der Waals surface area contributed by atoms with Gasteiger partial charge in [0, 0.05) is 27.6 Å². The molecule has 1 aliphatic rings. The standard InChI is InChI=1S/C29H22N8/c1-14-5-9-22-20(11-14)18-7-8-19-21-12-15(2)6-10-23(21)37-27(19)26(18)36(22)28-32-16(3)30-24(34-28)13-25-31-17(4)33-29(37)35-25/h5-13H,1-4H3,(H,30,32,34). The highest BCUT2D eigenvalue weighted by atomic mass is 15.2. The fourth-order valence-electron chi connectivity index (χ4n) is 5.71. The van der Waals surface area contributed by atoms with Crippen molar-refractivity contribution < 1.29 is 0 Å². The molecule has 0 aliphatic carbocycles. The number of hydrogen-bond donors (Lipinski definition) is 1. The molecule has 0 atom stereocenters. The SMILES string of the molecule is CC1=Nc2nc(cc3nc(C)nc(n3)n3c4ccc(C)cc4c4ccc5c6cc(C)ccc6n2c5c43)N1. The molecule has 8 nitrogen and oxygen atoms in total. The monoisotopic (exact) mass is 482 g/mol. The van der Waals surface area contributed by atoms with E-state index < -0.39 is 0 Å². The van der Waals surface area contributed by atoms with E-state index >= 15 is 0 Å². The van der Waals surface area contributed by atoms with Gasteiger partial charge in [0.05, 0.1) is 22.1 Å². The van der Waals surface area contributed by atoms with Crippen LogP contribution in [0.4, 0.5) is 11.8 Å². The maximum Gasteiger partial charge on any atom is 0.238 e. The highest BCUT2D eigenvalue weighted by molar-refractivity contribution is 6.23. The summed E-state index contributed by atoms with van der Waals surface area (Å²) in [5.41, 5.74) is 7.11. The summed E-state index contributed by atoms with van der Waals surface area (Å²) in [6, 6.07) is 19.4. The third kappa shape index (κ3) is 2.75. The van der Waals surface area contributed by atoms with Crippen molar-refractivity contribution in [1.29, 1.82) is 0 Å². The van der Waals surface area contributed by atoms with Gasteiger partial charge >= 0.3 is 0 Å². The lowest BCUT2D eigenvalue weighted by molar-refractivity contribution is 1.02. The highest BCUT2D eigenvalue weighted by Crippen LogP contribution is 2.40. The van der Waals surface area contributed by atoms with E-state index in [9.17, 15) is 0 Å². The molecule has 3 aromatic carbocycles. The Bertz CT molecular complexity index is 2220. The Kier molecular flexibility index (Phi) is 3.79. The lowest BCUT2D eigenvalue weighted by atomic mass is 10.1. The van der Waals surface area contributed by atoms with Crippen LogP contribution in [0.3, 0.4) is 0 Å². The average Bonchev–Trinajstić information content (AvgIpc) is 3.35. The predicted octanol–water partition coefficient (Wildman–Crippen LogP) is 6.35. The van der Waals surface area contributed by atoms with Gasteiger partial charge in [0.1, 0.15) is 17.5 Å². The number of nitrogens with one attached hydrogen (secondary N) is 1. The zero-order chi connectivity index (χ0) is 25.0. The minimum Gasteiger partial charge on any atom is -0.328 e. The van der Waals surface area contributed by atoms with E-state index in [1.807, 2.05) is 19.9 Å². The van der Waals surface area contributed by atoms with E-state index in [1.54, 1.807) is 0 Å². The zero-order valence-corrected chi connectivity index (χ0v) is 20.8. The summed E-state index contributed by atoms with van der Waals surface area (Å²) < 4.78 is 4.35. The molecule has 0 saturated heterocycles. The molecule has 8 rings (SSSR count). The average molecular weight is 483 g/mol. The Labute approximate surface area is 211 Å². The van der Waals surface area contributed by atoms with Crippen molar-refractivity contribution in [2.24, 2.45) is 4.99 Å². The third-order valence-electron chi connectivity index (χ3n) is 7.18. The van der Waals surface area contributed by atoms with Gasteiger partial charge in [0.25, 0.3) is 0 Å². The molecule has 0 fully saturated rings. The Hall–Kier alpha value is -4.85. The Morgan fingerprint density at radius 1 is 0.622 bits per heavy atom. The van der Waals surface area contributed by atoms with Crippen LogP contribution >= 0.6 is 0 Å². The van der Waals surface area contributed by atoms with Crippen molar-refractivity contribution >= 4 is 72.6 Å². The van der Waals surface area contributed by atoms with Gasteiger partial charge in [-0.1, -0.05) is 35.4 Å². The number of anilines is 1. The summed E-state index contributed by atoms with van der Waals surface area (Å²) in [5, 5.41) is 7.86. The van der Waals surface area contributed by atoms with Crippen LogP contribution in [0.5, 0.6) is 0 Å². The molecular formula is C29H22N8. The van der Waals surface area contributed by atoms with Gasteiger partial charge in [-0.15, -0.1) is 0 Å². The molecule has 4 aromatic heterocycles. The second kappa shape index (κ2) is 6.88. The first-order valence-electron chi connectivity index (χ1n) is 12.3. The second-order valence-electron chi connectivity index (χ2n) is 9.87. The molecular weight excluding hydrogens is 460 g/mol. The topological polar surface area (TPSA) is 84.8 Å². The fraction of sp³-hybridized carbons (Fsp3) is 0.138. The maximum atomic E-state index is 4.95. The van der Waals surface area contributed by atoms with E-state index in [0.717, 1.165) is 49.4 Å². The van der Waals surface area contributed by atoms with Crippen molar-refractivity contribution in [2.75, 3.05) is 5.32 Å². The van der Waals surface area contributed by atoms with Gasteiger partial charge in [0.2, 0.25) is 11.7 Å². The van der Waals surface area contributed by atoms with Crippen molar-refractivity contribution in [3.63, 3.8) is 0 Å². The fourth-order valence-corrected chi connectivity index (χ4v) is 5.71. The van der Waals surface area contributed by atoms with Crippen molar-refractivity contribution in [1.82, 2.24) is 28.7 Å². The van der Waals surface area contributed by atoms with Crippen molar-refractivity contribution in [3.8, 4) is 0 Å². The van der Waals surface area contributed by atoms with Crippen LogP contribution < -0.4 is 5.32 Å². The van der Waals surface area contributed by atoms with Gasteiger partial charge in [-0.3, -0.25) is 8.80 Å². The summed E-state index contributed by atoms with van der Waals surface area (Å²) in [7, 11) is 0. The molecule has 0 unspecified atom stereocenters. The smallest absolute Gasteiger partial charge is 0.238 e. The molecule has 0 spiro atoms. The molecule has 7 aromatic rings. The number of fused-ring (bicyclic) bond motifs is 12. The van der Waals surface area contributed by atoms with Crippen LogP contribution in [0.2, 0.25) is 0 Å². The zero-order valence-electron chi connectivity index (χ0n) is 20.8. The maximum absolute atomic E-state index is 4.95. The molecule has 37 heavy (non-hydrogen) atoms. The molecule has 8 heteroatoms. The molecule has 1 aliphatic heterocycles.